The Morgan fingerprint density at radius 2 is 2.00 bits per heavy atom. The number of piperazine rings is 3. The first-order chi connectivity index (χ1) is 10.1. The average molecular weight is 287 g/mol. The zero-order valence-electron chi connectivity index (χ0n) is 13.0. The number of hydrogen-bond acceptors (Lipinski definition) is 3. The highest BCUT2D eigenvalue weighted by molar-refractivity contribution is 5.92. The molecule has 4 rings (SSSR count). The maximum atomic E-state index is 6.02. The number of aliphatic imine (C=N–C) groups is 1. The maximum absolute atomic E-state index is 6.02. The molecular weight excluding hydrogens is 262 g/mol. The summed E-state index contributed by atoms with van der Waals surface area (Å²) >= 11 is 0. The van der Waals surface area contributed by atoms with Crippen LogP contribution in [0.2, 0.25) is 0 Å². The van der Waals surface area contributed by atoms with Gasteiger partial charge in [0.25, 0.3) is 0 Å². The Kier molecular flexibility index (Phi) is 4.12. The highest BCUT2D eigenvalue weighted by Gasteiger charge is 2.31. The molecular formula is C16H25N5. The highest BCUT2D eigenvalue weighted by atomic mass is 15.3. The molecule has 3 aliphatic rings. The van der Waals surface area contributed by atoms with Crippen LogP contribution < -0.4 is 11.1 Å². The molecule has 3 heterocycles. The second kappa shape index (κ2) is 6.03. The number of guanidine groups is 1. The molecule has 0 radical (unpaired) electrons. The van der Waals surface area contributed by atoms with Crippen molar-refractivity contribution >= 4 is 11.6 Å². The van der Waals surface area contributed by atoms with Gasteiger partial charge in [0, 0.05) is 44.5 Å². The monoisotopic (exact) mass is 287 g/mol. The van der Waals surface area contributed by atoms with Crippen LogP contribution in [0.1, 0.15) is 11.1 Å². The zero-order chi connectivity index (χ0) is 14.8. The minimum atomic E-state index is 0.510. The van der Waals surface area contributed by atoms with Crippen LogP contribution in [-0.2, 0) is 0 Å². The number of aryl methyl sites for hydroxylation is 2. The number of anilines is 1. The van der Waals surface area contributed by atoms with Crippen molar-refractivity contribution in [3.8, 4) is 0 Å². The molecule has 114 valence electrons. The van der Waals surface area contributed by atoms with E-state index < -0.39 is 0 Å². The van der Waals surface area contributed by atoms with Crippen molar-refractivity contribution in [3.63, 3.8) is 0 Å². The lowest BCUT2D eigenvalue weighted by atomic mass is 10.1. The van der Waals surface area contributed by atoms with E-state index in [4.69, 9.17) is 5.73 Å². The van der Waals surface area contributed by atoms with Crippen molar-refractivity contribution in [3.05, 3.63) is 29.3 Å². The summed E-state index contributed by atoms with van der Waals surface area (Å²) in [4.78, 5) is 9.58. The minimum Gasteiger partial charge on any atom is -0.370 e. The lowest BCUT2D eigenvalue weighted by Crippen LogP contribution is -2.61. The fourth-order valence-corrected chi connectivity index (χ4v) is 3.11. The summed E-state index contributed by atoms with van der Waals surface area (Å²) in [5.41, 5.74) is 9.57. The van der Waals surface area contributed by atoms with E-state index in [0.717, 1.165) is 18.8 Å². The number of hydrogen-bond donors (Lipinski definition) is 2. The Hall–Kier alpha value is -1.59. The molecule has 5 heteroatoms. The SMILES string of the molecule is Cc1ccc(NC(N)=NCC2CN3CCN2CC3)cc1C. The van der Waals surface area contributed by atoms with Crippen molar-refractivity contribution < 1.29 is 0 Å². The Balaban J connectivity index is 1.57. The van der Waals surface area contributed by atoms with E-state index in [1.165, 1.54) is 37.3 Å². The summed E-state index contributed by atoms with van der Waals surface area (Å²) in [6.07, 6.45) is 0. The fraction of sp³-hybridized carbons (Fsp3) is 0.562. The van der Waals surface area contributed by atoms with E-state index in [1.54, 1.807) is 0 Å². The summed E-state index contributed by atoms with van der Waals surface area (Å²) in [6, 6.07) is 6.77. The van der Waals surface area contributed by atoms with Crippen molar-refractivity contribution in [1.29, 1.82) is 0 Å². The first-order valence-corrected chi connectivity index (χ1v) is 7.72. The molecule has 0 aromatic heterocycles. The van der Waals surface area contributed by atoms with E-state index in [2.05, 4.69) is 46.1 Å². The molecule has 3 fully saturated rings. The van der Waals surface area contributed by atoms with Crippen molar-refractivity contribution in [2.24, 2.45) is 10.7 Å². The van der Waals surface area contributed by atoms with E-state index in [9.17, 15) is 0 Å². The van der Waals surface area contributed by atoms with Crippen LogP contribution in [0.25, 0.3) is 0 Å². The number of rotatable bonds is 3. The molecule has 1 unspecified atom stereocenters. The predicted molar refractivity (Wildman–Crippen MR) is 87.8 cm³/mol. The molecule has 1 aromatic carbocycles. The molecule has 3 saturated heterocycles. The molecule has 0 spiro atoms. The Morgan fingerprint density at radius 3 is 2.62 bits per heavy atom. The van der Waals surface area contributed by atoms with E-state index in [0.29, 0.717) is 12.0 Å². The molecule has 3 aliphatic heterocycles. The number of benzene rings is 1. The Bertz CT molecular complexity index is 531. The third kappa shape index (κ3) is 3.36. The normalized spacial score (nSPS) is 28.7. The van der Waals surface area contributed by atoms with Gasteiger partial charge in [0.15, 0.2) is 5.96 Å². The molecule has 2 bridgehead atoms. The van der Waals surface area contributed by atoms with E-state index in [-0.39, 0.29) is 0 Å². The quantitative estimate of drug-likeness (QED) is 0.644. The van der Waals surface area contributed by atoms with Crippen molar-refractivity contribution in [2.45, 2.75) is 19.9 Å². The smallest absolute Gasteiger partial charge is 0.193 e. The van der Waals surface area contributed by atoms with Gasteiger partial charge in [0.05, 0.1) is 6.54 Å². The fourth-order valence-electron chi connectivity index (χ4n) is 3.11. The van der Waals surface area contributed by atoms with Gasteiger partial charge in [0.1, 0.15) is 0 Å². The lowest BCUT2D eigenvalue weighted by molar-refractivity contribution is 0.0174. The molecule has 1 atom stereocenters. The largest absolute Gasteiger partial charge is 0.370 e. The van der Waals surface area contributed by atoms with Crippen LogP contribution >= 0.6 is 0 Å². The van der Waals surface area contributed by atoms with Crippen molar-refractivity contribution in [2.75, 3.05) is 44.6 Å². The van der Waals surface area contributed by atoms with Crippen LogP contribution in [0, 0.1) is 13.8 Å². The van der Waals surface area contributed by atoms with E-state index in [1.807, 2.05) is 6.07 Å². The molecule has 0 saturated carbocycles. The van der Waals surface area contributed by atoms with Gasteiger partial charge in [-0.1, -0.05) is 6.07 Å². The standard InChI is InChI=1S/C16H25N5/c1-12-3-4-14(9-13(12)2)19-16(17)18-10-15-11-20-5-7-21(15)8-6-20/h3-4,9,15H,5-8,10-11H2,1-2H3,(H3,17,18,19). The lowest BCUT2D eigenvalue weighted by Gasteiger charge is -2.47. The highest BCUT2D eigenvalue weighted by Crippen LogP contribution is 2.16. The maximum Gasteiger partial charge on any atom is 0.193 e. The van der Waals surface area contributed by atoms with Crippen LogP contribution in [-0.4, -0.2) is 61.1 Å². The third-order valence-electron chi connectivity index (χ3n) is 4.64. The molecule has 0 amide bonds. The van der Waals surface area contributed by atoms with Gasteiger partial charge >= 0.3 is 0 Å². The van der Waals surface area contributed by atoms with Gasteiger partial charge in [0.2, 0.25) is 0 Å². The van der Waals surface area contributed by atoms with Gasteiger partial charge in [-0.15, -0.1) is 0 Å². The van der Waals surface area contributed by atoms with Crippen LogP contribution in [0.3, 0.4) is 0 Å². The summed E-state index contributed by atoms with van der Waals surface area (Å²) in [5, 5.41) is 3.19. The van der Waals surface area contributed by atoms with Crippen LogP contribution in [0.4, 0.5) is 5.69 Å². The number of nitrogens with one attached hydrogen (secondary N) is 1. The average Bonchev–Trinajstić information content (AvgIpc) is 2.50. The second-order valence-electron chi connectivity index (χ2n) is 6.14. The first-order valence-electron chi connectivity index (χ1n) is 7.72. The van der Waals surface area contributed by atoms with Gasteiger partial charge in [-0.3, -0.25) is 14.8 Å². The zero-order valence-corrected chi connectivity index (χ0v) is 13.0. The first kappa shape index (κ1) is 14.4. The van der Waals surface area contributed by atoms with E-state index >= 15 is 0 Å². The molecule has 3 N–H and O–H groups in total. The minimum absolute atomic E-state index is 0.510. The predicted octanol–water partition coefficient (Wildman–Crippen LogP) is 1.03. The van der Waals surface area contributed by atoms with Gasteiger partial charge in [-0.05, 0) is 37.1 Å². The summed E-state index contributed by atoms with van der Waals surface area (Å²) in [6.45, 7) is 10.9. The topological polar surface area (TPSA) is 56.9 Å². The number of nitrogens with two attached hydrogens (primary N) is 1. The second-order valence-corrected chi connectivity index (χ2v) is 6.14. The third-order valence-corrected chi connectivity index (χ3v) is 4.64. The van der Waals surface area contributed by atoms with Gasteiger partial charge in [-0.2, -0.15) is 0 Å². The Labute approximate surface area is 126 Å². The summed E-state index contributed by atoms with van der Waals surface area (Å²) in [5.74, 6) is 0.510. The summed E-state index contributed by atoms with van der Waals surface area (Å²) < 4.78 is 0. The number of fused-ring (bicyclic) bond motifs is 3. The van der Waals surface area contributed by atoms with Crippen molar-refractivity contribution in [1.82, 2.24) is 9.80 Å². The van der Waals surface area contributed by atoms with Crippen LogP contribution in [0.5, 0.6) is 0 Å². The molecule has 5 nitrogen and oxygen atoms in total. The van der Waals surface area contributed by atoms with Gasteiger partial charge in [-0.25, -0.2) is 0 Å². The van der Waals surface area contributed by atoms with Gasteiger partial charge < -0.3 is 11.1 Å². The van der Waals surface area contributed by atoms with Crippen LogP contribution in [0.15, 0.2) is 23.2 Å². The molecule has 1 aromatic rings. The summed E-state index contributed by atoms with van der Waals surface area (Å²) in [7, 11) is 0. The number of nitrogens with zero attached hydrogens (tertiary/aromatic N) is 3. The molecule has 0 aliphatic carbocycles. The Morgan fingerprint density at radius 1 is 1.24 bits per heavy atom. The molecule has 21 heavy (non-hydrogen) atoms.